The number of carbonyl (C=O) groups is 1. The van der Waals surface area contributed by atoms with Crippen LogP contribution in [0.5, 0.6) is 0 Å². The molecule has 0 bridgehead atoms. The lowest BCUT2D eigenvalue weighted by atomic mass is 10.2. The number of hydrogen-bond donors (Lipinski definition) is 0. The molecule has 112 valence electrons. The molecule has 0 unspecified atom stereocenters. The second kappa shape index (κ2) is 6.97. The number of rotatable bonds is 6. The summed E-state index contributed by atoms with van der Waals surface area (Å²) in [5.74, 6) is -0.104. The summed E-state index contributed by atoms with van der Waals surface area (Å²) in [6.45, 7) is 6.87. The molecule has 6 heteroatoms. The van der Waals surface area contributed by atoms with E-state index in [9.17, 15) is 4.79 Å². The Morgan fingerprint density at radius 1 is 1.33 bits per heavy atom. The van der Waals surface area contributed by atoms with Crippen LogP contribution in [0.4, 0.5) is 0 Å². The third-order valence-electron chi connectivity index (χ3n) is 3.09. The molecule has 2 aromatic rings. The molecule has 21 heavy (non-hydrogen) atoms. The largest absolute Gasteiger partial charge is 0.461 e. The van der Waals surface area contributed by atoms with Crippen LogP contribution in [0.3, 0.4) is 0 Å². The van der Waals surface area contributed by atoms with Crippen molar-refractivity contribution in [2.75, 3.05) is 6.61 Å². The van der Waals surface area contributed by atoms with Crippen LogP contribution in [0.1, 0.15) is 35.6 Å². The molecule has 0 saturated heterocycles. The molecule has 0 fully saturated rings. The van der Waals surface area contributed by atoms with Crippen LogP contribution in [0, 0.1) is 12.8 Å². The van der Waals surface area contributed by atoms with E-state index in [1.807, 2.05) is 32.9 Å². The Balaban J connectivity index is 1.98. The molecule has 0 spiro atoms. The van der Waals surface area contributed by atoms with E-state index in [4.69, 9.17) is 4.74 Å². The first-order valence-electron chi connectivity index (χ1n) is 7.04. The van der Waals surface area contributed by atoms with Crippen molar-refractivity contribution in [1.82, 2.24) is 20.0 Å². The fraction of sp³-hybridized carbons (Fsp3) is 0.467. The van der Waals surface area contributed by atoms with Crippen LogP contribution in [-0.4, -0.2) is 32.6 Å². The summed E-state index contributed by atoms with van der Waals surface area (Å²) < 4.78 is 6.91. The van der Waals surface area contributed by atoms with Crippen molar-refractivity contribution >= 4 is 5.97 Å². The van der Waals surface area contributed by atoms with Crippen LogP contribution in [0.2, 0.25) is 0 Å². The van der Waals surface area contributed by atoms with Gasteiger partial charge in [0, 0.05) is 18.9 Å². The Bertz CT molecular complexity index is 593. The molecule has 0 aliphatic heterocycles. The molecule has 0 aliphatic carbocycles. The van der Waals surface area contributed by atoms with E-state index in [0.29, 0.717) is 24.8 Å². The molecule has 2 heterocycles. The molecule has 0 radical (unpaired) electrons. The first-order valence-corrected chi connectivity index (χ1v) is 7.04. The molecule has 0 aliphatic rings. The number of aryl methyl sites for hydroxylation is 2. The van der Waals surface area contributed by atoms with Gasteiger partial charge >= 0.3 is 5.97 Å². The predicted molar refractivity (Wildman–Crippen MR) is 77.8 cm³/mol. The Kier molecular flexibility index (Phi) is 5.03. The van der Waals surface area contributed by atoms with Gasteiger partial charge in [-0.2, -0.15) is 0 Å². The van der Waals surface area contributed by atoms with E-state index >= 15 is 0 Å². The van der Waals surface area contributed by atoms with Gasteiger partial charge in [0.1, 0.15) is 0 Å². The number of hydrogen-bond acceptors (Lipinski definition) is 5. The summed E-state index contributed by atoms with van der Waals surface area (Å²) in [6, 6.07) is 3.92. The highest BCUT2D eigenvalue weighted by Gasteiger charge is 2.18. The van der Waals surface area contributed by atoms with Gasteiger partial charge in [-0.25, -0.2) is 9.48 Å². The molecular weight excluding hydrogens is 268 g/mol. The molecule has 2 aromatic heterocycles. The number of esters is 1. The van der Waals surface area contributed by atoms with E-state index in [0.717, 1.165) is 12.1 Å². The van der Waals surface area contributed by atoms with Gasteiger partial charge in [-0.15, -0.1) is 5.10 Å². The van der Waals surface area contributed by atoms with Crippen molar-refractivity contribution in [3.63, 3.8) is 0 Å². The molecule has 0 atom stereocenters. The topological polar surface area (TPSA) is 69.9 Å². The normalized spacial score (nSPS) is 10.9. The van der Waals surface area contributed by atoms with Crippen LogP contribution >= 0.6 is 0 Å². The van der Waals surface area contributed by atoms with E-state index in [1.165, 1.54) is 5.56 Å². The predicted octanol–water partition coefficient (Wildman–Crippen LogP) is 2.04. The maximum atomic E-state index is 11.9. The molecule has 0 aromatic carbocycles. The van der Waals surface area contributed by atoms with Crippen molar-refractivity contribution in [3.8, 4) is 0 Å². The zero-order valence-electron chi connectivity index (χ0n) is 12.6. The summed E-state index contributed by atoms with van der Waals surface area (Å²) in [7, 11) is 0. The molecule has 0 amide bonds. The minimum absolute atomic E-state index is 0.297. The third kappa shape index (κ3) is 4.11. The molecule has 2 rings (SSSR count). The smallest absolute Gasteiger partial charge is 0.360 e. The molecule has 0 N–H and O–H groups in total. The van der Waals surface area contributed by atoms with E-state index in [-0.39, 0.29) is 0 Å². The molecular formula is C15H20N4O2. The highest BCUT2D eigenvalue weighted by atomic mass is 16.5. The fourth-order valence-electron chi connectivity index (χ4n) is 1.86. The minimum Gasteiger partial charge on any atom is -0.461 e. The number of aromatic nitrogens is 4. The van der Waals surface area contributed by atoms with Crippen molar-refractivity contribution in [3.05, 3.63) is 41.5 Å². The number of pyridine rings is 1. The first-order chi connectivity index (χ1) is 10.1. The van der Waals surface area contributed by atoms with Gasteiger partial charge in [0.05, 0.1) is 12.3 Å². The Hall–Kier alpha value is -2.24. The van der Waals surface area contributed by atoms with Gasteiger partial charge in [0.25, 0.3) is 0 Å². The van der Waals surface area contributed by atoms with Crippen molar-refractivity contribution in [2.45, 2.75) is 33.7 Å². The van der Waals surface area contributed by atoms with Gasteiger partial charge in [-0.05, 0) is 37.0 Å². The van der Waals surface area contributed by atoms with Gasteiger partial charge in [0.2, 0.25) is 0 Å². The lowest BCUT2D eigenvalue weighted by molar-refractivity contribution is 0.0451. The average molecular weight is 288 g/mol. The monoisotopic (exact) mass is 288 g/mol. The highest BCUT2D eigenvalue weighted by molar-refractivity contribution is 5.88. The Morgan fingerprint density at radius 3 is 2.71 bits per heavy atom. The standard InChI is InChI=1S/C15H20N4O2/c1-11(2)10-21-15(20)14-12(3)19(18-17-14)9-6-13-4-7-16-8-5-13/h4-5,7-8,11H,6,9-10H2,1-3H3. The Morgan fingerprint density at radius 2 is 2.05 bits per heavy atom. The van der Waals surface area contributed by atoms with Gasteiger partial charge < -0.3 is 4.74 Å². The summed E-state index contributed by atoms with van der Waals surface area (Å²) in [5, 5.41) is 7.96. The summed E-state index contributed by atoms with van der Waals surface area (Å²) in [6.07, 6.45) is 4.34. The quantitative estimate of drug-likeness (QED) is 0.761. The Labute approximate surface area is 124 Å². The first kappa shape index (κ1) is 15.2. The number of nitrogens with zero attached hydrogens (tertiary/aromatic N) is 4. The summed E-state index contributed by atoms with van der Waals surface area (Å²) in [5.41, 5.74) is 2.20. The number of ether oxygens (including phenoxy) is 1. The number of carbonyl (C=O) groups excluding carboxylic acids is 1. The lowest BCUT2D eigenvalue weighted by Gasteiger charge is -2.06. The van der Waals surface area contributed by atoms with Gasteiger partial charge in [0.15, 0.2) is 5.69 Å². The highest BCUT2D eigenvalue weighted by Crippen LogP contribution is 2.08. The molecule has 6 nitrogen and oxygen atoms in total. The van der Waals surface area contributed by atoms with Crippen LogP contribution in [0.15, 0.2) is 24.5 Å². The fourth-order valence-corrected chi connectivity index (χ4v) is 1.86. The van der Waals surface area contributed by atoms with Crippen molar-refractivity contribution < 1.29 is 9.53 Å². The van der Waals surface area contributed by atoms with Gasteiger partial charge in [-0.3, -0.25) is 4.98 Å². The van der Waals surface area contributed by atoms with Crippen LogP contribution in [-0.2, 0) is 17.7 Å². The van der Waals surface area contributed by atoms with E-state index in [2.05, 4.69) is 15.3 Å². The van der Waals surface area contributed by atoms with Gasteiger partial charge in [-0.1, -0.05) is 19.1 Å². The SMILES string of the molecule is Cc1c(C(=O)OCC(C)C)nnn1CCc1ccncc1. The zero-order valence-corrected chi connectivity index (χ0v) is 12.6. The average Bonchev–Trinajstić information content (AvgIpc) is 2.85. The van der Waals surface area contributed by atoms with E-state index < -0.39 is 5.97 Å². The maximum absolute atomic E-state index is 11.9. The maximum Gasteiger partial charge on any atom is 0.360 e. The second-order valence-electron chi connectivity index (χ2n) is 5.34. The second-order valence-corrected chi connectivity index (χ2v) is 5.34. The van der Waals surface area contributed by atoms with E-state index in [1.54, 1.807) is 17.1 Å². The zero-order chi connectivity index (χ0) is 15.2. The summed E-state index contributed by atoms with van der Waals surface area (Å²) in [4.78, 5) is 15.9. The third-order valence-corrected chi connectivity index (χ3v) is 3.09. The summed E-state index contributed by atoms with van der Waals surface area (Å²) >= 11 is 0. The van der Waals surface area contributed by atoms with Crippen LogP contribution in [0.25, 0.3) is 0 Å². The molecule has 0 saturated carbocycles. The van der Waals surface area contributed by atoms with Crippen LogP contribution < -0.4 is 0 Å². The minimum atomic E-state index is -0.406. The van der Waals surface area contributed by atoms with Crippen molar-refractivity contribution in [2.24, 2.45) is 5.92 Å². The van der Waals surface area contributed by atoms with Crippen molar-refractivity contribution in [1.29, 1.82) is 0 Å². The lowest BCUT2D eigenvalue weighted by Crippen LogP contribution is -2.12.